The molecule has 1 saturated heterocycles. The molecule has 310 valence electrons. The van der Waals surface area contributed by atoms with Crippen molar-refractivity contribution in [2.75, 3.05) is 19.0 Å². The highest BCUT2D eigenvalue weighted by atomic mass is 32.2. The monoisotopic (exact) mass is 784 g/mol. The van der Waals surface area contributed by atoms with Gasteiger partial charge in [0.05, 0.1) is 6.61 Å². The molecule has 54 heavy (non-hydrogen) atoms. The molecule has 4 N–H and O–H groups in total. The summed E-state index contributed by atoms with van der Waals surface area (Å²) >= 11 is 0. The lowest BCUT2D eigenvalue weighted by atomic mass is 10.00. The Balaban J connectivity index is 2.56. The Bertz CT molecular complexity index is 1240. The van der Waals surface area contributed by atoms with Gasteiger partial charge in [-0.15, -0.1) is 0 Å². The van der Waals surface area contributed by atoms with Crippen LogP contribution in [0.4, 0.5) is 0 Å². The summed E-state index contributed by atoms with van der Waals surface area (Å²) < 4.78 is 53.7. The number of carbonyl (C=O) groups excluding carboxylic acids is 2. The lowest BCUT2D eigenvalue weighted by Gasteiger charge is -2.40. The topological polar surface area (TPSA) is 186 Å². The molecule has 0 radical (unpaired) electrons. The first-order chi connectivity index (χ1) is 26.0. The van der Waals surface area contributed by atoms with Gasteiger partial charge < -0.3 is 34.3 Å². The van der Waals surface area contributed by atoms with Gasteiger partial charge in [0.1, 0.15) is 36.8 Å². The summed E-state index contributed by atoms with van der Waals surface area (Å²) in [4.78, 5) is 25.2. The summed E-state index contributed by atoms with van der Waals surface area (Å²) in [7, 11) is -4.61. The highest BCUT2D eigenvalue weighted by Crippen LogP contribution is 2.24. The van der Waals surface area contributed by atoms with E-state index in [-0.39, 0.29) is 19.4 Å². The third-order valence-corrected chi connectivity index (χ3v) is 9.36. The first kappa shape index (κ1) is 49.4. The van der Waals surface area contributed by atoms with E-state index in [2.05, 4.69) is 62.5 Å². The first-order valence-electron chi connectivity index (χ1n) is 19.8. The van der Waals surface area contributed by atoms with Gasteiger partial charge >= 0.3 is 11.9 Å². The molecule has 6 atom stereocenters. The van der Waals surface area contributed by atoms with Crippen molar-refractivity contribution < 1.29 is 56.8 Å². The van der Waals surface area contributed by atoms with E-state index in [9.17, 15) is 37.9 Å². The normalized spacial score (nSPS) is 21.6. The van der Waals surface area contributed by atoms with Crippen LogP contribution >= 0.6 is 0 Å². The van der Waals surface area contributed by atoms with E-state index in [4.69, 9.17) is 18.9 Å². The number of aliphatic hydroxyl groups is 3. The zero-order valence-electron chi connectivity index (χ0n) is 32.5. The Morgan fingerprint density at radius 3 is 1.72 bits per heavy atom. The summed E-state index contributed by atoms with van der Waals surface area (Å²) in [5, 5.41) is 30.7. The maximum absolute atomic E-state index is 12.7. The van der Waals surface area contributed by atoms with E-state index in [1.165, 1.54) is 32.1 Å². The van der Waals surface area contributed by atoms with Crippen molar-refractivity contribution in [2.45, 2.75) is 166 Å². The molecular formula is C41H68O12S. The van der Waals surface area contributed by atoms with E-state index in [1.54, 1.807) is 0 Å². The van der Waals surface area contributed by atoms with Gasteiger partial charge in [0.25, 0.3) is 10.1 Å². The van der Waals surface area contributed by atoms with Gasteiger partial charge in [-0.2, -0.15) is 8.42 Å². The summed E-state index contributed by atoms with van der Waals surface area (Å²) in [6.45, 7) is 3.54. The maximum atomic E-state index is 12.7. The van der Waals surface area contributed by atoms with Crippen LogP contribution in [-0.4, -0.2) is 96.0 Å². The Morgan fingerprint density at radius 1 is 0.648 bits per heavy atom. The molecule has 0 aromatic heterocycles. The minimum atomic E-state index is -4.61. The van der Waals surface area contributed by atoms with Crippen LogP contribution in [-0.2, 0) is 38.7 Å². The Labute approximate surface area is 324 Å². The molecule has 13 heteroatoms. The van der Waals surface area contributed by atoms with Crippen LogP contribution in [0.25, 0.3) is 0 Å². The number of esters is 2. The number of hydrogen-bond donors (Lipinski definition) is 4. The first-order valence-corrected chi connectivity index (χ1v) is 21.5. The largest absolute Gasteiger partial charge is 0.462 e. The molecule has 1 heterocycles. The Hall–Kier alpha value is -2.65. The highest BCUT2D eigenvalue weighted by molar-refractivity contribution is 7.85. The molecule has 0 bridgehead atoms. The van der Waals surface area contributed by atoms with Crippen molar-refractivity contribution in [2.24, 2.45) is 0 Å². The molecule has 0 aliphatic carbocycles. The number of allylic oxidation sites excluding steroid dienone is 10. The molecule has 1 rings (SSSR count). The van der Waals surface area contributed by atoms with Crippen molar-refractivity contribution in [1.29, 1.82) is 0 Å². The predicted octanol–water partition coefficient (Wildman–Crippen LogP) is 7.00. The molecule has 0 spiro atoms. The molecule has 0 aromatic rings. The molecule has 0 aromatic carbocycles. The number of ether oxygens (including phenoxy) is 4. The molecule has 0 amide bonds. The van der Waals surface area contributed by atoms with Crippen molar-refractivity contribution in [3.63, 3.8) is 0 Å². The number of aliphatic hydroxyl groups excluding tert-OH is 3. The van der Waals surface area contributed by atoms with E-state index < -0.39 is 71.2 Å². The standard InChI is InChI=1S/C41H68O12S/c1-3-5-7-9-11-13-14-15-16-17-18-19-20-22-24-26-28-30-37(43)52-34(31-50-36(42)29-27-25-23-21-12-10-8-6-4-2)32-51-41-40(46)39(45)38(44)35(53-41)33-54(47,48)49/h5,7,11,13,15-16,18-19,22,24,34-35,38-41,44-46H,3-4,6,8-10,12,14,17,20-21,23,25-33H2,1-2H3,(H,47,48,49)/b7-5-,13-11-,16-15-,19-18-,24-22-. The van der Waals surface area contributed by atoms with Crippen LogP contribution in [0.2, 0.25) is 0 Å². The van der Waals surface area contributed by atoms with Crippen molar-refractivity contribution in [3.05, 3.63) is 60.8 Å². The average Bonchev–Trinajstić information content (AvgIpc) is 3.13. The van der Waals surface area contributed by atoms with E-state index in [1.807, 2.05) is 12.2 Å². The summed E-state index contributed by atoms with van der Waals surface area (Å²) in [6.07, 6.45) is 27.2. The van der Waals surface area contributed by atoms with Crippen molar-refractivity contribution in [1.82, 2.24) is 0 Å². The van der Waals surface area contributed by atoms with Crippen LogP contribution in [0, 0.1) is 0 Å². The van der Waals surface area contributed by atoms with Gasteiger partial charge in [0.15, 0.2) is 12.4 Å². The Morgan fingerprint density at radius 2 is 1.17 bits per heavy atom. The Kier molecular flexibility index (Phi) is 28.8. The van der Waals surface area contributed by atoms with Crippen LogP contribution in [0.5, 0.6) is 0 Å². The quantitative estimate of drug-likeness (QED) is 0.0245. The molecule has 6 unspecified atom stereocenters. The minimum Gasteiger partial charge on any atom is -0.462 e. The van der Waals surface area contributed by atoms with Crippen LogP contribution in [0.3, 0.4) is 0 Å². The summed E-state index contributed by atoms with van der Waals surface area (Å²) in [6, 6.07) is 0. The molecule has 1 aliphatic rings. The van der Waals surface area contributed by atoms with Gasteiger partial charge in [-0.25, -0.2) is 0 Å². The van der Waals surface area contributed by atoms with E-state index in [0.29, 0.717) is 19.3 Å². The second-order valence-corrected chi connectivity index (χ2v) is 15.1. The summed E-state index contributed by atoms with van der Waals surface area (Å²) in [5.41, 5.74) is 0. The third-order valence-electron chi connectivity index (χ3n) is 8.61. The maximum Gasteiger partial charge on any atom is 0.306 e. The van der Waals surface area contributed by atoms with Crippen molar-refractivity contribution in [3.8, 4) is 0 Å². The summed E-state index contributed by atoms with van der Waals surface area (Å²) in [5.74, 6) is -2.07. The highest BCUT2D eigenvalue weighted by Gasteiger charge is 2.46. The second kappa shape index (κ2) is 31.5. The number of rotatable bonds is 31. The zero-order valence-corrected chi connectivity index (χ0v) is 33.4. The predicted molar refractivity (Wildman–Crippen MR) is 210 cm³/mol. The van der Waals surface area contributed by atoms with Gasteiger partial charge in [-0.3, -0.25) is 14.1 Å². The van der Waals surface area contributed by atoms with Crippen molar-refractivity contribution >= 4 is 22.1 Å². The fraction of sp³-hybridized carbons (Fsp3) is 0.707. The molecule has 12 nitrogen and oxygen atoms in total. The van der Waals surface area contributed by atoms with Crippen LogP contribution in [0.1, 0.15) is 129 Å². The lowest BCUT2D eigenvalue weighted by molar-refractivity contribution is -0.297. The van der Waals surface area contributed by atoms with Crippen LogP contribution < -0.4 is 0 Å². The second-order valence-electron chi connectivity index (χ2n) is 13.6. The zero-order chi connectivity index (χ0) is 39.9. The molecule has 0 saturated carbocycles. The SMILES string of the molecule is CC/C=C\C/C=C\C/C=C\C/C=C\C/C=C\CCCC(=O)OC(COC(=O)CCCCCCCCCCC)COC1OC(CS(=O)(=O)O)C(O)C(O)C1O. The third kappa shape index (κ3) is 26.2. The molecule has 1 aliphatic heterocycles. The minimum absolute atomic E-state index is 0.0844. The fourth-order valence-corrected chi connectivity index (χ4v) is 6.22. The number of hydrogen-bond acceptors (Lipinski definition) is 11. The lowest BCUT2D eigenvalue weighted by Crippen LogP contribution is -2.60. The fourth-order valence-electron chi connectivity index (χ4n) is 5.53. The molecule has 1 fully saturated rings. The smallest absolute Gasteiger partial charge is 0.306 e. The number of unbranched alkanes of at least 4 members (excludes halogenated alkanes) is 9. The van der Waals surface area contributed by atoms with Gasteiger partial charge in [0.2, 0.25) is 0 Å². The van der Waals surface area contributed by atoms with Gasteiger partial charge in [0, 0.05) is 12.8 Å². The average molecular weight is 785 g/mol. The van der Waals surface area contributed by atoms with Gasteiger partial charge in [-0.1, -0.05) is 126 Å². The number of carbonyl (C=O) groups is 2. The van der Waals surface area contributed by atoms with E-state index in [0.717, 1.165) is 51.4 Å². The van der Waals surface area contributed by atoms with Gasteiger partial charge in [-0.05, 0) is 51.4 Å². The van der Waals surface area contributed by atoms with E-state index >= 15 is 0 Å². The van der Waals surface area contributed by atoms with Crippen LogP contribution in [0.15, 0.2) is 60.8 Å². The molecular weight excluding hydrogens is 717 g/mol.